The molecule has 1 aliphatic rings. The minimum atomic E-state index is -0.293. The summed E-state index contributed by atoms with van der Waals surface area (Å²) in [6.45, 7) is 2.39. The molecule has 58 heavy (non-hydrogen) atoms. The van der Waals surface area contributed by atoms with E-state index in [-0.39, 0.29) is 5.41 Å². The van der Waals surface area contributed by atoms with E-state index in [0.29, 0.717) is 0 Å². The average Bonchev–Trinajstić information content (AvgIpc) is 3.77. The molecule has 1 heterocycles. The van der Waals surface area contributed by atoms with E-state index in [2.05, 4.69) is 241 Å². The molecule has 0 saturated heterocycles. The number of aromatic nitrogens is 1. The van der Waals surface area contributed by atoms with E-state index in [0.717, 1.165) is 17.1 Å². The van der Waals surface area contributed by atoms with Gasteiger partial charge < -0.3 is 9.47 Å². The summed E-state index contributed by atoms with van der Waals surface area (Å²) in [4.78, 5) is 2.41. The van der Waals surface area contributed by atoms with Crippen molar-refractivity contribution in [1.29, 1.82) is 0 Å². The Morgan fingerprint density at radius 1 is 0.362 bits per heavy atom. The zero-order valence-corrected chi connectivity index (χ0v) is 32.3. The quantitative estimate of drug-likeness (QED) is 0.158. The molecule has 0 aliphatic heterocycles. The van der Waals surface area contributed by atoms with E-state index in [4.69, 9.17) is 0 Å². The molecule has 10 aromatic rings. The molecule has 2 heteroatoms. The zero-order chi connectivity index (χ0) is 38.6. The van der Waals surface area contributed by atoms with Crippen LogP contribution in [0.4, 0.5) is 17.1 Å². The normalized spacial score (nSPS) is 14.4. The maximum Gasteiger partial charge on any atom is 0.0541 e. The summed E-state index contributed by atoms with van der Waals surface area (Å²) in [5, 5.41) is 2.51. The zero-order valence-electron chi connectivity index (χ0n) is 32.3. The Bertz CT molecular complexity index is 3090. The first-order valence-electron chi connectivity index (χ1n) is 20.1. The first-order chi connectivity index (χ1) is 28.6. The standard InChI is InChI=1S/C56H40N2/c1-56(43-17-7-3-8-18-43)52-23-13-11-21-48(52)49-35-34-47(38-53(49)56)57(45-30-25-40(26-31-45)39-15-5-2-6-16-39)46-32-27-41(28-33-46)42-29-36-55-51(37-42)50-22-12-14-24-54(50)58(55)44-19-9-4-10-20-44/h2-38H,1H3. The van der Waals surface area contributed by atoms with E-state index in [1.165, 1.54) is 77.6 Å². The fourth-order valence-corrected chi connectivity index (χ4v) is 9.39. The third-order valence-corrected chi connectivity index (χ3v) is 12.3. The van der Waals surface area contributed by atoms with E-state index < -0.39 is 0 Å². The number of nitrogens with zero attached hydrogens (tertiary/aromatic N) is 2. The predicted octanol–water partition coefficient (Wildman–Crippen LogP) is 14.9. The van der Waals surface area contributed by atoms with Crippen molar-refractivity contribution in [2.75, 3.05) is 4.90 Å². The van der Waals surface area contributed by atoms with Gasteiger partial charge in [0, 0.05) is 38.9 Å². The monoisotopic (exact) mass is 740 g/mol. The Labute approximate surface area is 339 Å². The molecule has 0 radical (unpaired) electrons. The summed E-state index contributed by atoms with van der Waals surface area (Å²) in [5.41, 5.74) is 18.0. The van der Waals surface area contributed by atoms with Gasteiger partial charge >= 0.3 is 0 Å². The van der Waals surface area contributed by atoms with Crippen molar-refractivity contribution in [3.05, 3.63) is 241 Å². The Morgan fingerprint density at radius 3 is 1.60 bits per heavy atom. The Morgan fingerprint density at radius 2 is 0.879 bits per heavy atom. The van der Waals surface area contributed by atoms with Gasteiger partial charge in [0.15, 0.2) is 0 Å². The van der Waals surface area contributed by atoms with Crippen LogP contribution in [0.2, 0.25) is 0 Å². The molecule has 0 amide bonds. The highest BCUT2D eigenvalue weighted by Crippen LogP contribution is 2.54. The van der Waals surface area contributed by atoms with Crippen LogP contribution in [0, 0.1) is 0 Å². The molecule has 9 aromatic carbocycles. The van der Waals surface area contributed by atoms with Gasteiger partial charge in [-0.1, -0.05) is 158 Å². The maximum atomic E-state index is 2.43. The molecule has 0 fully saturated rings. The van der Waals surface area contributed by atoms with Crippen LogP contribution in [0.25, 0.3) is 60.9 Å². The molecule has 11 rings (SSSR count). The molecule has 1 aromatic heterocycles. The van der Waals surface area contributed by atoms with E-state index in [1.54, 1.807) is 0 Å². The second-order valence-corrected chi connectivity index (χ2v) is 15.5. The van der Waals surface area contributed by atoms with Gasteiger partial charge in [-0.05, 0) is 124 Å². The summed E-state index contributed by atoms with van der Waals surface area (Å²) < 4.78 is 2.37. The first-order valence-corrected chi connectivity index (χ1v) is 20.1. The molecule has 2 nitrogen and oxygen atoms in total. The van der Waals surface area contributed by atoms with Gasteiger partial charge in [0.1, 0.15) is 0 Å². The van der Waals surface area contributed by atoms with Crippen LogP contribution < -0.4 is 4.90 Å². The number of anilines is 3. The lowest BCUT2D eigenvalue weighted by atomic mass is 9.74. The largest absolute Gasteiger partial charge is 0.310 e. The van der Waals surface area contributed by atoms with Crippen LogP contribution in [0.5, 0.6) is 0 Å². The van der Waals surface area contributed by atoms with E-state index in [9.17, 15) is 0 Å². The van der Waals surface area contributed by atoms with Crippen LogP contribution in [0.1, 0.15) is 23.6 Å². The lowest BCUT2D eigenvalue weighted by Crippen LogP contribution is -2.22. The molecule has 0 spiro atoms. The topological polar surface area (TPSA) is 8.17 Å². The fraction of sp³-hybridized carbons (Fsp3) is 0.0357. The lowest BCUT2D eigenvalue weighted by molar-refractivity contribution is 0.714. The predicted molar refractivity (Wildman–Crippen MR) is 244 cm³/mol. The second kappa shape index (κ2) is 13.7. The smallest absolute Gasteiger partial charge is 0.0541 e. The first kappa shape index (κ1) is 33.9. The van der Waals surface area contributed by atoms with E-state index >= 15 is 0 Å². The highest BCUT2D eigenvalue weighted by Gasteiger charge is 2.41. The molecule has 0 saturated carbocycles. The SMILES string of the molecule is CC1(c2ccccc2)c2ccccc2-c2ccc(N(c3ccc(-c4ccccc4)cc3)c3ccc(-c4ccc5c(c4)c4ccccc4n5-c4ccccc4)cc3)cc21. The second-order valence-electron chi connectivity index (χ2n) is 15.5. The van der Waals surface area contributed by atoms with Crippen molar-refractivity contribution in [2.24, 2.45) is 0 Å². The Balaban J connectivity index is 1.03. The number of benzene rings is 9. The summed E-state index contributed by atoms with van der Waals surface area (Å²) in [5.74, 6) is 0. The van der Waals surface area contributed by atoms with E-state index in [1.807, 2.05) is 0 Å². The lowest BCUT2D eigenvalue weighted by Gasteiger charge is -2.31. The number of para-hydroxylation sites is 2. The average molecular weight is 741 g/mol. The van der Waals surface area contributed by atoms with Crippen LogP contribution in [0.3, 0.4) is 0 Å². The summed E-state index contributed by atoms with van der Waals surface area (Å²) in [6, 6.07) is 81.9. The fourth-order valence-electron chi connectivity index (χ4n) is 9.39. The van der Waals surface area contributed by atoms with Crippen molar-refractivity contribution in [3.63, 3.8) is 0 Å². The third kappa shape index (κ3) is 5.41. The molecule has 0 N–H and O–H groups in total. The maximum absolute atomic E-state index is 2.43. The minimum absolute atomic E-state index is 0.293. The van der Waals surface area contributed by atoms with Crippen molar-refractivity contribution in [2.45, 2.75) is 12.3 Å². The number of rotatable bonds is 7. The summed E-state index contributed by atoms with van der Waals surface area (Å²) in [6.07, 6.45) is 0. The Hall–Kier alpha value is -7.42. The third-order valence-electron chi connectivity index (χ3n) is 12.3. The highest BCUT2D eigenvalue weighted by atomic mass is 15.1. The molecular weight excluding hydrogens is 701 g/mol. The van der Waals surface area contributed by atoms with Gasteiger partial charge in [0.05, 0.1) is 11.0 Å². The van der Waals surface area contributed by atoms with Crippen LogP contribution in [0.15, 0.2) is 224 Å². The number of hydrogen-bond acceptors (Lipinski definition) is 1. The van der Waals surface area contributed by atoms with Gasteiger partial charge in [0.25, 0.3) is 0 Å². The molecule has 1 unspecified atom stereocenters. The molecule has 274 valence electrons. The molecule has 1 atom stereocenters. The van der Waals surface area contributed by atoms with Gasteiger partial charge in [0.2, 0.25) is 0 Å². The van der Waals surface area contributed by atoms with Crippen molar-refractivity contribution >= 4 is 38.9 Å². The van der Waals surface area contributed by atoms with Crippen molar-refractivity contribution in [3.8, 4) is 39.1 Å². The van der Waals surface area contributed by atoms with Gasteiger partial charge in [-0.2, -0.15) is 0 Å². The number of hydrogen-bond donors (Lipinski definition) is 0. The number of fused-ring (bicyclic) bond motifs is 6. The molecular formula is C56H40N2. The minimum Gasteiger partial charge on any atom is -0.310 e. The molecule has 1 aliphatic carbocycles. The van der Waals surface area contributed by atoms with Crippen LogP contribution in [-0.4, -0.2) is 4.57 Å². The summed E-state index contributed by atoms with van der Waals surface area (Å²) >= 11 is 0. The van der Waals surface area contributed by atoms with Gasteiger partial charge in [-0.3, -0.25) is 0 Å². The van der Waals surface area contributed by atoms with Gasteiger partial charge in [-0.25, -0.2) is 0 Å². The van der Waals surface area contributed by atoms with Crippen LogP contribution >= 0.6 is 0 Å². The van der Waals surface area contributed by atoms with Crippen molar-refractivity contribution in [1.82, 2.24) is 4.57 Å². The molecule has 0 bridgehead atoms. The van der Waals surface area contributed by atoms with Gasteiger partial charge in [-0.15, -0.1) is 0 Å². The Kier molecular flexibility index (Phi) is 7.97. The van der Waals surface area contributed by atoms with Crippen molar-refractivity contribution < 1.29 is 0 Å². The van der Waals surface area contributed by atoms with Crippen LogP contribution in [-0.2, 0) is 5.41 Å². The summed E-state index contributed by atoms with van der Waals surface area (Å²) in [7, 11) is 0. The highest BCUT2D eigenvalue weighted by molar-refractivity contribution is 6.10.